The van der Waals surface area contributed by atoms with Crippen LogP contribution in [0.4, 0.5) is 4.79 Å². The van der Waals surface area contributed by atoms with Gasteiger partial charge in [-0.2, -0.15) is 0 Å². The summed E-state index contributed by atoms with van der Waals surface area (Å²) in [5.74, 6) is 0. The van der Waals surface area contributed by atoms with Gasteiger partial charge in [0.15, 0.2) is 0 Å². The van der Waals surface area contributed by atoms with Gasteiger partial charge in [-0.1, -0.05) is 54.6 Å². The van der Waals surface area contributed by atoms with E-state index < -0.39 is 6.09 Å². The van der Waals surface area contributed by atoms with Crippen molar-refractivity contribution in [2.24, 2.45) is 5.73 Å². The molecule has 0 radical (unpaired) electrons. The molecule has 1 amide bonds. The third-order valence-electron chi connectivity index (χ3n) is 4.60. The Labute approximate surface area is 143 Å². The lowest BCUT2D eigenvalue weighted by Crippen LogP contribution is -2.39. The summed E-state index contributed by atoms with van der Waals surface area (Å²) in [5, 5.41) is 0. The molecule has 1 saturated heterocycles. The number of nitrogens with two attached hydrogens (primary N) is 1. The molecule has 0 aliphatic carbocycles. The summed E-state index contributed by atoms with van der Waals surface area (Å²) >= 11 is 0. The normalized spacial score (nSPS) is 16.0. The topological polar surface area (TPSA) is 55.6 Å². The number of likely N-dealkylation sites (tertiary alicyclic amines) is 1. The maximum atomic E-state index is 10.8. The zero-order valence-corrected chi connectivity index (χ0v) is 13.9. The van der Waals surface area contributed by atoms with Gasteiger partial charge in [0.2, 0.25) is 0 Å². The fourth-order valence-electron chi connectivity index (χ4n) is 3.20. The van der Waals surface area contributed by atoms with Gasteiger partial charge in [0.05, 0.1) is 0 Å². The Kier molecular flexibility index (Phi) is 5.49. The van der Waals surface area contributed by atoms with E-state index in [0.717, 1.165) is 38.9 Å². The highest BCUT2D eigenvalue weighted by molar-refractivity contribution is 5.64. The quantitative estimate of drug-likeness (QED) is 0.916. The van der Waals surface area contributed by atoms with E-state index in [4.69, 9.17) is 10.5 Å². The average Bonchev–Trinajstić information content (AvgIpc) is 2.62. The van der Waals surface area contributed by atoms with E-state index in [1.807, 2.05) is 6.07 Å². The van der Waals surface area contributed by atoms with Crippen LogP contribution in [-0.2, 0) is 11.2 Å². The number of piperidine rings is 1. The van der Waals surface area contributed by atoms with Crippen molar-refractivity contribution in [2.45, 2.75) is 25.4 Å². The highest BCUT2D eigenvalue weighted by Crippen LogP contribution is 2.20. The van der Waals surface area contributed by atoms with Gasteiger partial charge in [0, 0.05) is 19.6 Å². The van der Waals surface area contributed by atoms with Gasteiger partial charge >= 0.3 is 6.09 Å². The van der Waals surface area contributed by atoms with Crippen LogP contribution in [0.1, 0.15) is 18.4 Å². The summed E-state index contributed by atoms with van der Waals surface area (Å²) in [6.07, 6.45) is 2.11. The Balaban J connectivity index is 1.47. The van der Waals surface area contributed by atoms with Crippen LogP contribution in [0.3, 0.4) is 0 Å². The number of carbonyl (C=O) groups excluding carboxylic acids is 1. The minimum absolute atomic E-state index is 0.0103. The van der Waals surface area contributed by atoms with Crippen LogP contribution in [0.25, 0.3) is 11.1 Å². The first-order chi connectivity index (χ1) is 11.7. The Morgan fingerprint density at radius 2 is 1.62 bits per heavy atom. The van der Waals surface area contributed by atoms with E-state index in [1.54, 1.807) is 0 Å². The van der Waals surface area contributed by atoms with Crippen molar-refractivity contribution in [3.8, 4) is 11.1 Å². The van der Waals surface area contributed by atoms with Gasteiger partial charge in [-0.05, 0) is 36.0 Å². The monoisotopic (exact) mass is 324 g/mol. The molecule has 126 valence electrons. The number of hydrogen-bond donors (Lipinski definition) is 1. The minimum atomic E-state index is -0.660. The second kappa shape index (κ2) is 7.97. The number of amides is 1. The maximum absolute atomic E-state index is 10.8. The molecule has 1 fully saturated rings. The van der Waals surface area contributed by atoms with Gasteiger partial charge in [0.25, 0.3) is 0 Å². The summed E-state index contributed by atoms with van der Waals surface area (Å²) in [6.45, 7) is 2.95. The van der Waals surface area contributed by atoms with Crippen LogP contribution < -0.4 is 5.73 Å². The van der Waals surface area contributed by atoms with Crippen LogP contribution in [0.15, 0.2) is 54.6 Å². The molecule has 2 aromatic rings. The molecule has 4 heteroatoms. The summed E-state index contributed by atoms with van der Waals surface area (Å²) in [7, 11) is 0. The number of benzene rings is 2. The third kappa shape index (κ3) is 4.59. The molecule has 2 aromatic carbocycles. The van der Waals surface area contributed by atoms with Crippen LogP contribution in [-0.4, -0.2) is 36.7 Å². The van der Waals surface area contributed by atoms with Crippen molar-refractivity contribution in [1.29, 1.82) is 0 Å². The molecule has 24 heavy (non-hydrogen) atoms. The summed E-state index contributed by atoms with van der Waals surface area (Å²) < 4.78 is 5.07. The first kappa shape index (κ1) is 16.5. The summed E-state index contributed by atoms with van der Waals surface area (Å²) in [5.41, 5.74) is 8.93. The largest absolute Gasteiger partial charge is 0.446 e. The first-order valence-corrected chi connectivity index (χ1v) is 8.53. The number of carbonyl (C=O) groups is 1. The lowest BCUT2D eigenvalue weighted by atomic mass is 10.0. The molecule has 0 spiro atoms. The molecular formula is C20H24N2O2. The van der Waals surface area contributed by atoms with Crippen molar-refractivity contribution in [3.63, 3.8) is 0 Å². The van der Waals surface area contributed by atoms with Crippen LogP contribution in [0, 0.1) is 0 Å². The second-order valence-electron chi connectivity index (χ2n) is 6.29. The first-order valence-electron chi connectivity index (χ1n) is 8.53. The molecule has 0 bridgehead atoms. The zero-order valence-electron chi connectivity index (χ0n) is 13.9. The molecule has 0 atom stereocenters. The van der Waals surface area contributed by atoms with E-state index in [2.05, 4.69) is 53.4 Å². The highest BCUT2D eigenvalue weighted by atomic mass is 16.6. The predicted octanol–water partition coefficient (Wildman–Crippen LogP) is 3.46. The van der Waals surface area contributed by atoms with Crippen molar-refractivity contribution < 1.29 is 9.53 Å². The van der Waals surface area contributed by atoms with E-state index in [-0.39, 0.29) is 6.10 Å². The van der Waals surface area contributed by atoms with Crippen molar-refractivity contribution in [2.75, 3.05) is 19.6 Å². The summed E-state index contributed by atoms with van der Waals surface area (Å²) in [6, 6.07) is 19.2. The van der Waals surface area contributed by atoms with Gasteiger partial charge in [-0.15, -0.1) is 0 Å². The Bertz CT molecular complexity index is 647. The molecule has 0 unspecified atom stereocenters. The lowest BCUT2D eigenvalue weighted by molar-refractivity contribution is 0.0566. The van der Waals surface area contributed by atoms with E-state index in [9.17, 15) is 4.79 Å². The fraction of sp³-hybridized carbons (Fsp3) is 0.350. The Morgan fingerprint density at radius 1 is 1.00 bits per heavy atom. The molecule has 0 aromatic heterocycles. The van der Waals surface area contributed by atoms with Crippen LogP contribution in [0.5, 0.6) is 0 Å². The van der Waals surface area contributed by atoms with Gasteiger partial charge < -0.3 is 15.4 Å². The smallest absolute Gasteiger partial charge is 0.404 e. The number of hydrogen-bond acceptors (Lipinski definition) is 3. The fourth-order valence-corrected chi connectivity index (χ4v) is 3.20. The number of nitrogens with zero attached hydrogens (tertiary/aromatic N) is 1. The van der Waals surface area contributed by atoms with Gasteiger partial charge in [-0.3, -0.25) is 0 Å². The third-order valence-corrected chi connectivity index (χ3v) is 4.60. The molecule has 4 nitrogen and oxygen atoms in total. The molecule has 3 rings (SSSR count). The predicted molar refractivity (Wildman–Crippen MR) is 95.7 cm³/mol. The highest BCUT2D eigenvalue weighted by Gasteiger charge is 2.21. The maximum Gasteiger partial charge on any atom is 0.404 e. The molecule has 0 saturated carbocycles. The van der Waals surface area contributed by atoms with E-state index in [1.165, 1.54) is 16.7 Å². The SMILES string of the molecule is NC(=O)OC1CCN(CCc2ccc(-c3ccccc3)cc2)CC1. The number of primary amides is 1. The standard InChI is InChI=1S/C20H24N2O2/c21-20(23)24-19-11-14-22(15-12-19)13-10-16-6-8-18(9-7-16)17-4-2-1-3-5-17/h1-9,19H,10-15H2,(H2,21,23). The molecule has 2 N–H and O–H groups in total. The Hall–Kier alpha value is -2.33. The minimum Gasteiger partial charge on any atom is -0.446 e. The molecule has 1 heterocycles. The van der Waals surface area contributed by atoms with Crippen molar-refractivity contribution in [1.82, 2.24) is 4.90 Å². The van der Waals surface area contributed by atoms with Crippen molar-refractivity contribution >= 4 is 6.09 Å². The average molecular weight is 324 g/mol. The van der Waals surface area contributed by atoms with Crippen LogP contribution >= 0.6 is 0 Å². The molecule has 1 aliphatic rings. The van der Waals surface area contributed by atoms with E-state index in [0.29, 0.717) is 0 Å². The number of rotatable bonds is 5. The zero-order chi connectivity index (χ0) is 16.8. The van der Waals surface area contributed by atoms with E-state index >= 15 is 0 Å². The molecule has 1 aliphatic heterocycles. The van der Waals surface area contributed by atoms with Crippen molar-refractivity contribution in [3.05, 3.63) is 60.2 Å². The number of ether oxygens (including phenoxy) is 1. The van der Waals surface area contributed by atoms with Crippen LogP contribution in [0.2, 0.25) is 0 Å². The Morgan fingerprint density at radius 3 is 2.25 bits per heavy atom. The second-order valence-corrected chi connectivity index (χ2v) is 6.29. The summed E-state index contributed by atoms with van der Waals surface area (Å²) in [4.78, 5) is 13.2. The lowest BCUT2D eigenvalue weighted by Gasteiger charge is -2.31. The van der Waals surface area contributed by atoms with Gasteiger partial charge in [0.1, 0.15) is 6.10 Å². The molecular weight excluding hydrogens is 300 g/mol. The van der Waals surface area contributed by atoms with Gasteiger partial charge in [-0.25, -0.2) is 4.79 Å².